The van der Waals surface area contributed by atoms with Crippen LogP contribution < -0.4 is 5.32 Å². The molecular weight excluding hydrogens is 218 g/mol. The minimum absolute atomic E-state index is 0.0745. The van der Waals surface area contributed by atoms with Crippen LogP contribution in [0, 0.1) is 5.92 Å². The summed E-state index contributed by atoms with van der Waals surface area (Å²) in [6.07, 6.45) is 5.39. The predicted molar refractivity (Wildman–Crippen MR) is 65.0 cm³/mol. The van der Waals surface area contributed by atoms with Gasteiger partial charge in [0.1, 0.15) is 5.78 Å². The number of rotatable bonds is 6. The Labute approximate surface area is 103 Å². The lowest BCUT2D eigenvalue weighted by Crippen LogP contribution is -2.48. The molecule has 0 radical (unpaired) electrons. The second-order valence-corrected chi connectivity index (χ2v) is 5.21. The van der Waals surface area contributed by atoms with Crippen molar-refractivity contribution in [3.05, 3.63) is 0 Å². The van der Waals surface area contributed by atoms with Crippen LogP contribution >= 0.6 is 0 Å². The molecule has 17 heavy (non-hydrogen) atoms. The van der Waals surface area contributed by atoms with Crippen molar-refractivity contribution in [2.75, 3.05) is 33.4 Å². The van der Waals surface area contributed by atoms with Crippen LogP contribution in [0.5, 0.6) is 0 Å². The molecule has 1 spiro atoms. The summed E-state index contributed by atoms with van der Waals surface area (Å²) in [5.41, 5.74) is 0.0745. The van der Waals surface area contributed by atoms with Crippen LogP contribution in [0.15, 0.2) is 0 Å². The van der Waals surface area contributed by atoms with E-state index in [0.29, 0.717) is 18.9 Å². The van der Waals surface area contributed by atoms with E-state index in [4.69, 9.17) is 9.47 Å². The first-order valence-electron chi connectivity index (χ1n) is 6.62. The molecule has 4 heteroatoms. The van der Waals surface area contributed by atoms with Crippen molar-refractivity contribution >= 4 is 5.78 Å². The third kappa shape index (κ3) is 3.27. The first-order chi connectivity index (χ1) is 8.26. The number of Topliss-reactive ketones (excluding diaryl/α,β-unsaturated/α-hetero) is 1. The number of methoxy groups -OCH3 is 1. The van der Waals surface area contributed by atoms with Gasteiger partial charge in [-0.2, -0.15) is 0 Å². The van der Waals surface area contributed by atoms with Gasteiger partial charge in [-0.05, 0) is 32.1 Å². The maximum Gasteiger partial charge on any atom is 0.149 e. The first-order valence-corrected chi connectivity index (χ1v) is 6.62. The molecule has 0 aromatic heterocycles. The molecular formula is C13H23NO3. The van der Waals surface area contributed by atoms with Gasteiger partial charge in [-0.1, -0.05) is 0 Å². The zero-order valence-electron chi connectivity index (χ0n) is 10.7. The normalized spacial score (nSPS) is 26.8. The molecule has 2 aliphatic rings. The fraction of sp³-hybridized carbons (Fsp3) is 0.923. The highest BCUT2D eigenvalue weighted by atomic mass is 16.5. The Hall–Kier alpha value is -0.450. The molecule has 98 valence electrons. The number of hydrogen-bond donors (Lipinski definition) is 1. The summed E-state index contributed by atoms with van der Waals surface area (Å²) in [5, 5.41) is 3.13. The quantitative estimate of drug-likeness (QED) is 0.708. The lowest BCUT2D eigenvalue weighted by molar-refractivity contribution is -0.155. The fourth-order valence-corrected chi connectivity index (χ4v) is 2.75. The lowest BCUT2D eigenvalue weighted by Gasteiger charge is -2.46. The van der Waals surface area contributed by atoms with Crippen molar-refractivity contribution in [1.82, 2.24) is 5.32 Å². The number of ether oxygens (including phenoxy) is 2. The van der Waals surface area contributed by atoms with Crippen molar-refractivity contribution in [1.29, 1.82) is 0 Å². The predicted octanol–water partition coefficient (Wildman–Crippen LogP) is 1.14. The van der Waals surface area contributed by atoms with E-state index in [1.165, 1.54) is 6.42 Å². The lowest BCUT2D eigenvalue weighted by atomic mass is 9.71. The van der Waals surface area contributed by atoms with Crippen LogP contribution in [0.1, 0.15) is 32.1 Å². The number of hydrogen-bond acceptors (Lipinski definition) is 4. The van der Waals surface area contributed by atoms with E-state index in [-0.39, 0.29) is 11.5 Å². The molecule has 1 saturated carbocycles. The van der Waals surface area contributed by atoms with Crippen LogP contribution in [0.4, 0.5) is 0 Å². The SMILES string of the molecule is COCCNCC(=O)C1CCOC2(CCC2)C1. The Balaban J connectivity index is 1.71. The Morgan fingerprint density at radius 3 is 3.00 bits per heavy atom. The minimum atomic E-state index is 0.0745. The zero-order chi connectivity index (χ0) is 12.1. The Morgan fingerprint density at radius 1 is 1.53 bits per heavy atom. The third-order valence-corrected chi connectivity index (χ3v) is 4.00. The maximum absolute atomic E-state index is 12.0. The highest BCUT2D eigenvalue weighted by molar-refractivity contribution is 5.83. The highest BCUT2D eigenvalue weighted by Gasteiger charge is 2.43. The monoisotopic (exact) mass is 241 g/mol. The standard InChI is InChI=1S/C13H23NO3/c1-16-8-6-14-10-12(15)11-3-7-17-13(9-11)4-2-5-13/h11,14H,2-10H2,1H3. The molecule has 0 aromatic carbocycles. The number of nitrogens with one attached hydrogen (secondary N) is 1. The summed E-state index contributed by atoms with van der Waals surface area (Å²) in [6, 6.07) is 0. The summed E-state index contributed by atoms with van der Waals surface area (Å²) in [5.74, 6) is 0.551. The van der Waals surface area contributed by atoms with Crippen LogP contribution in [0.2, 0.25) is 0 Å². The van der Waals surface area contributed by atoms with Crippen molar-refractivity contribution in [3.8, 4) is 0 Å². The molecule has 1 unspecified atom stereocenters. The van der Waals surface area contributed by atoms with E-state index in [2.05, 4.69) is 5.32 Å². The summed E-state index contributed by atoms with van der Waals surface area (Å²) < 4.78 is 10.8. The number of ketones is 1. The average Bonchev–Trinajstić information content (AvgIpc) is 2.32. The van der Waals surface area contributed by atoms with E-state index in [1.807, 2.05) is 0 Å². The Kier molecular flexibility index (Phi) is 4.54. The zero-order valence-corrected chi connectivity index (χ0v) is 10.7. The highest BCUT2D eigenvalue weighted by Crippen LogP contribution is 2.44. The Bertz CT molecular complexity index is 263. The second kappa shape index (κ2) is 5.94. The van der Waals surface area contributed by atoms with Crippen molar-refractivity contribution < 1.29 is 14.3 Å². The Morgan fingerprint density at radius 2 is 2.35 bits per heavy atom. The van der Waals surface area contributed by atoms with Crippen molar-refractivity contribution in [2.24, 2.45) is 5.92 Å². The van der Waals surface area contributed by atoms with Gasteiger partial charge in [0, 0.05) is 26.2 Å². The van der Waals surface area contributed by atoms with Crippen LogP contribution in [-0.2, 0) is 14.3 Å². The van der Waals surface area contributed by atoms with Crippen LogP contribution in [0.3, 0.4) is 0 Å². The molecule has 4 nitrogen and oxygen atoms in total. The number of carbonyl (C=O) groups excluding carboxylic acids is 1. The molecule has 1 N–H and O–H groups in total. The van der Waals surface area contributed by atoms with Gasteiger partial charge in [0.05, 0.1) is 18.8 Å². The van der Waals surface area contributed by atoms with Crippen LogP contribution in [0.25, 0.3) is 0 Å². The molecule has 1 saturated heterocycles. The van der Waals surface area contributed by atoms with E-state index >= 15 is 0 Å². The van der Waals surface area contributed by atoms with Gasteiger partial charge in [-0.3, -0.25) is 4.79 Å². The van der Waals surface area contributed by atoms with Gasteiger partial charge < -0.3 is 14.8 Å². The first kappa shape index (κ1) is 13.0. The van der Waals surface area contributed by atoms with Crippen LogP contribution in [-0.4, -0.2) is 44.8 Å². The average molecular weight is 241 g/mol. The topological polar surface area (TPSA) is 47.6 Å². The van der Waals surface area contributed by atoms with Gasteiger partial charge in [-0.15, -0.1) is 0 Å². The van der Waals surface area contributed by atoms with Gasteiger partial charge >= 0.3 is 0 Å². The molecule has 0 amide bonds. The molecule has 1 aliphatic heterocycles. The summed E-state index contributed by atoms with van der Waals surface area (Å²) >= 11 is 0. The van der Waals surface area contributed by atoms with E-state index in [0.717, 1.165) is 38.8 Å². The van der Waals surface area contributed by atoms with Gasteiger partial charge in [-0.25, -0.2) is 0 Å². The summed E-state index contributed by atoms with van der Waals surface area (Å²) in [7, 11) is 1.67. The summed E-state index contributed by atoms with van der Waals surface area (Å²) in [6.45, 7) is 2.64. The largest absolute Gasteiger partial charge is 0.383 e. The van der Waals surface area contributed by atoms with Crippen molar-refractivity contribution in [3.63, 3.8) is 0 Å². The smallest absolute Gasteiger partial charge is 0.149 e. The molecule has 2 rings (SSSR count). The fourth-order valence-electron chi connectivity index (χ4n) is 2.75. The van der Waals surface area contributed by atoms with E-state index < -0.39 is 0 Å². The van der Waals surface area contributed by atoms with Crippen molar-refractivity contribution in [2.45, 2.75) is 37.7 Å². The van der Waals surface area contributed by atoms with Gasteiger partial charge in [0.15, 0.2) is 0 Å². The minimum Gasteiger partial charge on any atom is -0.383 e. The molecule has 1 heterocycles. The molecule has 0 aromatic rings. The molecule has 2 fully saturated rings. The van der Waals surface area contributed by atoms with E-state index in [9.17, 15) is 4.79 Å². The third-order valence-electron chi connectivity index (χ3n) is 4.00. The van der Waals surface area contributed by atoms with E-state index in [1.54, 1.807) is 7.11 Å². The summed E-state index contributed by atoms with van der Waals surface area (Å²) in [4.78, 5) is 12.0. The molecule has 1 atom stereocenters. The number of carbonyl (C=O) groups is 1. The van der Waals surface area contributed by atoms with Gasteiger partial charge in [0.2, 0.25) is 0 Å². The second-order valence-electron chi connectivity index (χ2n) is 5.21. The van der Waals surface area contributed by atoms with Gasteiger partial charge in [0.25, 0.3) is 0 Å². The molecule has 1 aliphatic carbocycles. The molecule has 0 bridgehead atoms. The maximum atomic E-state index is 12.0.